The molecule has 118 valence electrons. The van der Waals surface area contributed by atoms with Crippen molar-refractivity contribution in [2.75, 3.05) is 13.1 Å². The van der Waals surface area contributed by atoms with Crippen LogP contribution in [-0.4, -0.2) is 47.9 Å². The SMILES string of the molecule is CC(=O)C(NC(=O)CN(CC(F)(F)F)C(C)C)C(C)C. The minimum atomic E-state index is -4.36. The number of Topliss-reactive ketones (excluding diaryl/α,β-unsaturated/α-hetero) is 1. The first kappa shape index (κ1) is 18.9. The lowest BCUT2D eigenvalue weighted by Crippen LogP contribution is -2.50. The number of halogens is 3. The van der Waals surface area contributed by atoms with E-state index >= 15 is 0 Å². The van der Waals surface area contributed by atoms with Gasteiger partial charge in [0, 0.05) is 6.04 Å². The molecule has 0 aromatic heterocycles. The van der Waals surface area contributed by atoms with Crippen molar-refractivity contribution in [1.82, 2.24) is 10.2 Å². The number of nitrogens with one attached hydrogen (secondary N) is 1. The van der Waals surface area contributed by atoms with Crippen LogP contribution in [0.15, 0.2) is 0 Å². The summed E-state index contributed by atoms with van der Waals surface area (Å²) in [5, 5.41) is 2.49. The fourth-order valence-corrected chi connectivity index (χ4v) is 1.79. The summed E-state index contributed by atoms with van der Waals surface area (Å²) in [7, 11) is 0. The van der Waals surface area contributed by atoms with E-state index in [0.717, 1.165) is 4.90 Å². The Labute approximate surface area is 117 Å². The van der Waals surface area contributed by atoms with E-state index in [0.29, 0.717) is 0 Å². The van der Waals surface area contributed by atoms with E-state index in [1.165, 1.54) is 6.92 Å². The monoisotopic (exact) mass is 296 g/mol. The van der Waals surface area contributed by atoms with E-state index in [1.807, 2.05) is 0 Å². The van der Waals surface area contributed by atoms with Crippen LogP contribution in [0.5, 0.6) is 0 Å². The minimum absolute atomic E-state index is 0.105. The van der Waals surface area contributed by atoms with Crippen molar-refractivity contribution >= 4 is 11.7 Å². The summed E-state index contributed by atoms with van der Waals surface area (Å²) < 4.78 is 37.2. The van der Waals surface area contributed by atoms with Crippen molar-refractivity contribution < 1.29 is 22.8 Å². The highest BCUT2D eigenvalue weighted by Gasteiger charge is 2.33. The van der Waals surface area contributed by atoms with E-state index in [2.05, 4.69) is 5.32 Å². The molecule has 1 amide bonds. The predicted octanol–water partition coefficient (Wildman–Crippen LogP) is 1.99. The topological polar surface area (TPSA) is 49.4 Å². The molecule has 0 spiro atoms. The van der Waals surface area contributed by atoms with Gasteiger partial charge in [0.15, 0.2) is 5.78 Å². The van der Waals surface area contributed by atoms with Crippen LogP contribution in [0.3, 0.4) is 0 Å². The summed E-state index contributed by atoms with van der Waals surface area (Å²) in [4.78, 5) is 24.2. The Morgan fingerprint density at radius 2 is 1.65 bits per heavy atom. The number of alkyl halides is 3. The molecule has 0 heterocycles. The maximum atomic E-state index is 12.4. The second kappa shape index (κ2) is 7.61. The van der Waals surface area contributed by atoms with Crippen molar-refractivity contribution in [3.8, 4) is 0 Å². The zero-order valence-electron chi connectivity index (χ0n) is 12.5. The highest BCUT2D eigenvalue weighted by molar-refractivity contribution is 5.88. The zero-order valence-corrected chi connectivity index (χ0v) is 12.5. The molecular weight excluding hydrogens is 273 g/mol. The number of amides is 1. The second-order valence-corrected chi connectivity index (χ2v) is 5.51. The van der Waals surface area contributed by atoms with E-state index in [4.69, 9.17) is 0 Å². The van der Waals surface area contributed by atoms with Crippen molar-refractivity contribution in [3.05, 3.63) is 0 Å². The van der Waals surface area contributed by atoms with Gasteiger partial charge in [0.2, 0.25) is 5.91 Å². The van der Waals surface area contributed by atoms with E-state index in [9.17, 15) is 22.8 Å². The third-order valence-electron chi connectivity index (χ3n) is 2.88. The number of ketones is 1. The molecule has 0 rings (SSSR count). The average Bonchev–Trinajstić information content (AvgIpc) is 2.22. The van der Waals surface area contributed by atoms with Crippen LogP contribution in [0.1, 0.15) is 34.6 Å². The largest absolute Gasteiger partial charge is 0.401 e. The lowest BCUT2D eigenvalue weighted by Gasteiger charge is -2.28. The highest BCUT2D eigenvalue weighted by atomic mass is 19.4. The van der Waals surface area contributed by atoms with Crippen LogP contribution in [0.2, 0.25) is 0 Å². The maximum Gasteiger partial charge on any atom is 0.401 e. The normalized spacial score (nSPS) is 13.9. The molecule has 4 nitrogen and oxygen atoms in total. The van der Waals surface area contributed by atoms with Gasteiger partial charge in [0.1, 0.15) is 0 Å². The first-order valence-corrected chi connectivity index (χ1v) is 6.54. The second-order valence-electron chi connectivity index (χ2n) is 5.51. The van der Waals surface area contributed by atoms with Crippen LogP contribution in [-0.2, 0) is 9.59 Å². The maximum absolute atomic E-state index is 12.4. The molecule has 0 fully saturated rings. The van der Waals surface area contributed by atoms with E-state index in [-0.39, 0.29) is 18.2 Å². The molecule has 0 aliphatic heterocycles. The van der Waals surface area contributed by atoms with E-state index < -0.39 is 30.7 Å². The molecule has 0 aromatic carbocycles. The number of rotatable bonds is 7. The van der Waals surface area contributed by atoms with Gasteiger partial charge in [-0.2, -0.15) is 13.2 Å². The van der Waals surface area contributed by atoms with Crippen LogP contribution in [0.4, 0.5) is 13.2 Å². The van der Waals surface area contributed by atoms with Gasteiger partial charge in [0.05, 0.1) is 19.1 Å². The molecule has 0 saturated heterocycles. The fraction of sp³-hybridized carbons (Fsp3) is 0.846. The molecule has 0 saturated carbocycles. The fourth-order valence-electron chi connectivity index (χ4n) is 1.79. The lowest BCUT2D eigenvalue weighted by atomic mass is 10.0. The van der Waals surface area contributed by atoms with E-state index in [1.54, 1.807) is 27.7 Å². The quantitative estimate of drug-likeness (QED) is 0.781. The third kappa shape index (κ3) is 7.47. The number of hydrogen-bond donors (Lipinski definition) is 1. The van der Waals surface area contributed by atoms with Gasteiger partial charge in [-0.1, -0.05) is 13.8 Å². The predicted molar refractivity (Wildman–Crippen MR) is 70.2 cm³/mol. The Kier molecular flexibility index (Phi) is 7.19. The minimum Gasteiger partial charge on any atom is -0.345 e. The molecular formula is C13H23F3N2O2. The summed E-state index contributed by atoms with van der Waals surface area (Å²) in [5.74, 6) is -0.885. The number of carbonyl (C=O) groups is 2. The molecule has 0 aliphatic carbocycles. The molecule has 7 heteroatoms. The lowest BCUT2D eigenvalue weighted by molar-refractivity contribution is -0.152. The standard InChI is InChI=1S/C13H23F3N2O2/c1-8(2)12(10(5)19)17-11(20)6-18(9(3)4)7-13(14,15)16/h8-9,12H,6-7H2,1-5H3,(H,17,20). The first-order valence-electron chi connectivity index (χ1n) is 6.54. The summed E-state index contributed by atoms with van der Waals surface area (Å²) in [6, 6.07) is -1.08. The molecule has 0 aromatic rings. The summed E-state index contributed by atoms with van der Waals surface area (Å²) >= 11 is 0. The van der Waals surface area contributed by atoms with Crippen molar-refractivity contribution in [2.45, 2.75) is 52.9 Å². The summed E-state index contributed by atoms with van der Waals surface area (Å²) in [6.07, 6.45) is -4.36. The summed E-state index contributed by atoms with van der Waals surface area (Å²) in [5.41, 5.74) is 0. The van der Waals surface area contributed by atoms with Crippen molar-refractivity contribution in [3.63, 3.8) is 0 Å². The Hall–Kier alpha value is -1.11. The Morgan fingerprint density at radius 3 is 1.95 bits per heavy atom. The van der Waals surface area contributed by atoms with Crippen LogP contribution in [0, 0.1) is 5.92 Å². The van der Waals surface area contributed by atoms with Gasteiger partial charge in [-0.05, 0) is 26.7 Å². The number of carbonyl (C=O) groups excluding carboxylic acids is 2. The molecule has 1 unspecified atom stereocenters. The van der Waals surface area contributed by atoms with Crippen LogP contribution in [0.25, 0.3) is 0 Å². The average molecular weight is 296 g/mol. The molecule has 0 bridgehead atoms. The van der Waals surface area contributed by atoms with Gasteiger partial charge >= 0.3 is 6.18 Å². The Balaban J connectivity index is 4.65. The Morgan fingerprint density at radius 1 is 1.15 bits per heavy atom. The molecule has 0 aliphatic rings. The van der Waals surface area contributed by atoms with Gasteiger partial charge in [-0.15, -0.1) is 0 Å². The van der Waals surface area contributed by atoms with Gasteiger partial charge < -0.3 is 5.32 Å². The molecule has 0 radical (unpaired) electrons. The first-order chi connectivity index (χ1) is 8.94. The Bertz CT molecular complexity index is 341. The number of hydrogen-bond acceptors (Lipinski definition) is 3. The van der Waals surface area contributed by atoms with Crippen molar-refractivity contribution in [2.24, 2.45) is 5.92 Å². The number of nitrogens with zero attached hydrogens (tertiary/aromatic N) is 1. The van der Waals surface area contributed by atoms with Gasteiger partial charge in [0.25, 0.3) is 0 Å². The van der Waals surface area contributed by atoms with Crippen LogP contribution >= 0.6 is 0 Å². The van der Waals surface area contributed by atoms with Crippen molar-refractivity contribution in [1.29, 1.82) is 0 Å². The smallest absolute Gasteiger partial charge is 0.345 e. The third-order valence-corrected chi connectivity index (χ3v) is 2.88. The van der Waals surface area contributed by atoms with Gasteiger partial charge in [-0.25, -0.2) is 0 Å². The molecule has 1 N–H and O–H groups in total. The summed E-state index contributed by atoms with van der Waals surface area (Å²) in [6.45, 7) is 6.53. The molecule has 1 atom stereocenters. The van der Waals surface area contributed by atoms with Gasteiger partial charge in [-0.3, -0.25) is 14.5 Å². The van der Waals surface area contributed by atoms with Crippen LogP contribution < -0.4 is 5.32 Å². The zero-order chi connectivity index (χ0) is 16.1. The molecule has 20 heavy (non-hydrogen) atoms. The highest BCUT2D eigenvalue weighted by Crippen LogP contribution is 2.17.